The van der Waals surface area contributed by atoms with Gasteiger partial charge in [0.25, 0.3) is 0 Å². The highest BCUT2D eigenvalue weighted by Gasteiger charge is 2.29. The fourth-order valence-electron chi connectivity index (χ4n) is 2.07. The van der Waals surface area contributed by atoms with Crippen LogP contribution >= 0.6 is 0 Å². The van der Waals surface area contributed by atoms with Crippen LogP contribution in [-0.4, -0.2) is 0 Å². The molecule has 0 N–H and O–H groups in total. The molecule has 0 saturated heterocycles. The standard InChI is InChI=1S/C18H17F3/c19-18(20,21)17-13-11-16(12-14-17)10-6-2-5-9-15-7-3-1-4-8-15/h1,3-4,6-8,10-14H,2,5,9H2/b10-6-. The normalized spacial score (nSPS) is 12.0. The Morgan fingerprint density at radius 3 is 2.14 bits per heavy atom. The fraction of sp³-hybridized carbons (Fsp3) is 0.222. The minimum Gasteiger partial charge on any atom is -0.166 e. The number of alkyl halides is 3. The van der Waals surface area contributed by atoms with E-state index in [4.69, 9.17) is 0 Å². The van der Waals surface area contributed by atoms with Crippen molar-refractivity contribution in [2.24, 2.45) is 0 Å². The van der Waals surface area contributed by atoms with E-state index in [1.807, 2.05) is 30.4 Å². The SMILES string of the molecule is FC(F)(F)c1ccc(/C=C\CCCc2ccccc2)cc1. The molecule has 2 aromatic carbocycles. The van der Waals surface area contributed by atoms with Crippen molar-refractivity contribution in [2.45, 2.75) is 25.4 Å². The van der Waals surface area contributed by atoms with Crippen LogP contribution in [0.4, 0.5) is 13.2 Å². The molecule has 0 bridgehead atoms. The molecule has 0 amide bonds. The highest BCUT2D eigenvalue weighted by Crippen LogP contribution is 2.29. The molecule has 0 fully saturated rings. The Labute approximate surface area is 122 Å². The predicted molar refractivity (Wildman–Crippen MR) is 79.9 cm³/mol. The van der Waals surface area contributed by atoms with E-state index in [0.29, 0.717) is 0 Å². The van der Waals surface area contributed by atoms with Gasteiger partial charge in [-0.05, 0) is 42.5 Å². The van der Waals surface area contributed by atoms with Gasteiger partial charge in [-0.25, -0.2) is 0 Å². The number of halogens is 3. The molecule has 2 rings (SSSR count). The van der Waals surface area contributed by atoms with Gasteiger partial charge < -0.3 is 0 Å². The van der Waals surface area contributed by atoms with Gasteiger partial charge in [0.15, 0.2) is 0 Å². The van der Waals surface area contributed by atoms with Crippen LogP contribution in [0.15, 0.2) is 60.7 Å². The summed E-state index contributed by atoms with van der Waals surface area (Å²) >= 11 is 0. The molecule has 0 unspecified atom stereocenters. The van der Waals surface area contributed by atoms with E-state index >= 15 is 0 Å². The van der Waals surface area contributed by atoms with Gasteiger partial charge in [-0.3, -0.25) is 0 Å². The van der Waals surface area contributed by atoms with Gasteiger partial charge >= 0.3 is 6.18 Å². The molecule has 3 heteroatoms. The van der Waals surface area contributed by atoms with Crippen molar-refractivity contribution in [1.82, 2.24) is 0 Å². The summed E-state index contributed by atoms with van der Waals surface area (Å²) in [5.74, 6) is 0. The lowest BCUT2D eigenvalue weighted by molar-refractivity contribution is -0.137. The Morgan fingerprint density at radius 1 is 0.857 bits per heavy atom. The zero-order valence-corrected chi connectivity index (χ0v) is 11.6. The smallest absolute Gasteiger partial charge is 0.166 e. The van der Waals surface area contributed by atoms with E-state index in [1.54, 1.807) is 0 Å². The van der Waals surface area contributed by atoms with Crippen LogP contribution < -0.4 is 0 Å². The first kappa shape index (κ1) is 15.4. The average molecular weight is 290 g/mol. The summed E-state index contributed by atoms with van der Waals surface area (Å²) in [6.07, 6.45) is 2.56. The van der Waals surface area contributed by atoms with Crippen LogP contribution in [0, 0.1) is 0 Å². The number of unbranched alkanes of at least 4 members (excludes halogenated alkanes) is 1. The van der Waals surface area contributed by atoms with Crippen LogP contribution in [-0.2, 0) is 12.6 Å². The van der Waals surface area contributed by atoms with E-state index in [1.165, 1.54) is 17.7 Å². The summed E-state index contributed by atoms with van der Waals surface area (Å²) in [7, 11) is 0. The molecule has 0 aliphatic rings. The summed E-state index contributed by atoms with van der Waals surface area (Å²) in [5, 5.41) is 0. The number of benzene rings is 2. The third-order valence-electron chi connectivity index (χ3n) is 3.23. The third kappa shape index (κ3) is 5.10. The zero-order valence-electron chi connectivity index (χ0n) is 11.6. The maximum Gasteiger partial charge on any atom is 0.416 e. The molecule has 0 aliphatic heterocycles. The lowest BCUT2D eigenvalue weighted by Gasteiger charge is -2.05. The Morgan fingerprint density at radius 2 is 1.52 bits per heavy atom. The minimum atomic E-state index is -4.27. The zero-order chi connectivity index (χ0) is 15.1. The van der Waals surface area contributed by atoms with Gasteiger partial charge in [0.05, 0.1) is 5.56 Å². The summed E-state index contributed by atoms with van der Waals surface area (Å²) < 4.78 is 37.2. The highest BCUT2D eigenvalue weighted by atomic mass is 19.4. The first-order valence-electron chi connectivity index (χ1n) is 6.93. The second-order valence-electron chi connectivity index (χ2n) is 4.90. The fourth-order valence-corrected chi connectivity index (χ4v) is 2.07. The van der Waals surface area contributed by atoms with Crippen molar-refractivity contribution in [3.8, 4) is 0 Å². The average Bonchev–Trinajstić information content (AvgIpc) is 2.47. The number of aryl methyl sites for hydroxylation is 1. The molecule has 0 nitrogen and oxygen atoms in total. The molecule has 110 valence electrons. The van der Waals surface area contributed by atoms with Gasteiger partial charge in [0.1, 0.15) is 0 Å². The summed E-state index contributed by atoms with van der Waals surface area (Å²) in [5.41, 5.74) is 1.49. The molecular formula is C18H17F3. The molecule has 0 heterocycles. The van der Waals surface area contributed by atoms with Crippen LogP contribution in [0.3, 0.4) is 0 Å². The lowest BCUT2D eigenvalue weighted by Crippen LogP contribution is -2.03. The van der Waals surface area contributed by atoms with E-state index in [2.05, 4.69) is 12.1 Å². The first-order valence-corrected chi connectivity index (χ1v) is 6.93. The second kappa shape index (κ2) is 7.11. The molecule has 21 heavy (non-hydrogen) atoms. The summed E-state index contributed by atoms with van der Waals surface area (Å²) in [6.45, 7) is 0. The molecule has 0 radical (unpaired) electrons. The van der Waals surface area contributed by atoms with Crippen LogP contribution in [0.1, 0.15) is 29.5 Å². The lowest BCUT2D eigenvalue weighted by atomic mass is 10.1. The molecule has 0 spiro atoms. The molecule has 2 aromatic rings. The van der Waals surface area contributed by atoms with Gasteiger partial charge in [0, 0.05) is 0 Å². The second-order valence-corrected chi connectivity index (χ2v) is 4.90. The van der Waals surface area contributed by atoms with Crippen molar-refractivity contribution in [1.29, 1.82) is 0 Å². The highest BCUT2D eigenvalue weighted by molar-refractivity contribution is 5.49. The number of allylic oxidation sites excluding steroid dienone is 1. The monoisotopic (exact) mass is 290 g/mol. The Bertz CT molecular complexity index is 566. The quantitative estimate of drug-likeness (QED) is 0.616. The Hall–Kier alpha value is -2.03. The Balaban J connectivity index is 1.79. The van der Waals surface area contributed by atoms with Gasteiger partial charge in [-0.15, -0.1) is 0 Å². The van der Waals surface area contributed by atoms with Crippen LogP contribution in [0.25, 0.3) is 6.08 Å². The topological polar surface area (TPSA) is 0 Å². The first-order chi connectivity index (χ1) is 10.1. The van der Waals surface area contributed by atoms with Crippen LogP contribution in [0.5, 0.6) is 0 Å². The van der Waals surface area contributed by atoms with Gasteiger partial charge in [0.2, 0.25) is 0 Å². The maximum atomic E-state index is 12.4. The largest absolute Gasteiger partial charge is 0.416 e. The molecular weight excluding hydrogens is 273 g/mol. The molecule has 0 aliphatic carbocycles. The van der Waals surface area contributed by atoms with Crippen molar-refractivity contribution >= 4 is 6.08 Å². The van der Waals surface area contributed by atoms with Crippen molar-refractivity contribution in [3.05, 3.63) is 77.4 Å². The number of hydrogen-bond donors (Lipinski definition) is 0. The van der Waals surface area contributed by atoms with E-state index in [0.717, 1.165) is 37.0 Å². The third-order valence-corrected chi connectivity index (χ3v) is 3.23. The van der Waals surface area contributed by atoms with Crippen molar-refractivity contribution in [3.63, 3.8) is 0 Å². The number of rotatable bonds is 5. The molecule has 0 aromatic heterocycles. The van der Waals surface area contributed by atoms with Crippen molar-refractivity contribution < 1.29 is 13.2 Å². The van der Waals surface area contributed by atoms with Gasteiger partial charge in [-0.2, -0.15) is 13.2 Å². The molecule has 0 atom stereocenters. The minimum absolute atomic E-state index is 0.608. The summed E-state index contributed by atoms with van der Waals surface area (Å²) in [6, 6.07) is 15.5. The van der Waals surface area contributed by atoms with E-state index < -0.39 is 11.7 Å². The summed E-state index contributed by atoms with van der Waals surface area (Å²) in [4.78, 5) is 0. The maximum absolute atomic E-state index is 12.4. The van der Waals surface area contributed by atoms with Crippen LogP contribution in [0.2, 0.25) is 0 Å². The van der Waals surface area contributed by atoms with E-state index in [9.17, 15) is 13.2 Å². The molecule has 0 saturated carbocycles. The van der Waals surface area contributed by atoms with Crippen molar-refractivity contribution in [2.75, 3.05) is 0 Å². The Kier molecular flexibility index (Phi) is 5.20. The predicted octanol–water partition coefficient (Wildman–Crippen LogP) is 5.74. The number of hydrogen-bond acceptors (Lipinski definition) is 0. The van der Waals surface area contributed by atoms with E-state index in [-0.39, 0.29) is 0 Å². The van der Waals surface area contributed by atoms with Gasteiger partial charge in [-0.1, -0.05) is 54.6 Å².